The standard InChI is InChI=1S/C15H23N/c1-4-11(2)9-15-12(3)10-13-7-5-6-8-14(13)16-15/h5-8,11-12,15-16H,4,9-10H2,1-3H3. The van der Waals surface area contributed by atoms with E-state index in [1.807, 2.05) is 0 Å². The van der Waals surface area contributed by atoms with Crippen molar-refractivity contribution in [2.24, 2.45) is 11.8 Å². The number of hydrogen-bond acceptors (Lipinski definition) is 1. The van der Waals surface area contributed by atoms with Crippen molar-refractivity contribution in [1.29, 1.82) is 0 Å². The molecule has 2 rings (SSSR count). The van der Waals surface area contributed by atoms with Crippen molar-refractivity contribution < 1.29 is 0 Å². The van der Waals surface area contributed by atoms with Crippen molar-refractivity contribution in [3.8, 4) is 0 Å². The van der Waals surface area contributed by atoms with Crippen LogP contribution in [0.3, 0.4) is 0 Å². The molecule has 1 heterocycles. The van der Waals surface area contributed by atoms with Gasteiger partial charge in [0.15, 0.2) is 0 Å². The third kappa shape index (κ3) is 2.40. The van der Waals surface area contributed by atoms with Crippen molar-refractivity contribution in [3.05, 3.63) is 29.8 Å². The van der Waals surface area contributed by atoms with Crippen molar-refractivity contribution in [2.75, 3.05) is 5.32 Å². The van der Waals surface area contributed by atoms with Gasteiger partial charge < -0.3 is 5.32 Å². The Balaban J connectivity index is 2.09. The molecule has 0 radical (unpaired) electrons. The number of benzene rings is 1. The molecule has 1 aliphatic heterocycles. The van der Waals surface area contributed by atoms with Gasteiger partial charge in [-0.1, -0.05) is 45.4 Å². The molecule has 1 N–H and O–H groups in total. The van der Waals surface area contributed by atoms with Crippen LogP contribution in [0, 0.1) is 11.8 Å². The molecule has 1 heteroatoms. The SMILES string of the molecule is CCC(C)CC1Nc2ccccc2CC1C. The molecule has 0 saturated heterocycles. The van der Waals surface area contributed by atoms with Crippen LogP contribution < -0.4 is 5.32 Å². The molecular weight excluding hydrogens is 194 g/mol. The summed E-state index contributed by atoms with van der Waals surface area (Å²) < 4.78 is 0. The first-order valence-electron chi connectivity index (χ1n) is 6.55. The summed E-state index contributed by atoms with van der Waals surface area (Å²) in [4.78, 5) is 0. The van der Waals surface area contributed by atoms with E-state index in [4.69, 9.17) is 0 Å². The first-order valence-corrected chi connectivity index (χ1v) is 6.55. The van der Waals surface area contributed by atoms with Gasteiger partial charge in [-0.05, 0) is 36.3 Å². The van der Waals surface area contributed by atoms with Crippen LogP contribution in [-0.4, -0.2) is 6.04 Å². The van der Waals surface area contributed by atoms with Crippen LogP contribution in [0.2, 0.25) is 0 Å². The maximum absolute atomic E-state index is 3.71. The van der Waals surface area contributed by atoms with Gasteiger partial charge in [-0.15, -0.1) is 0 Å². The summed E-state index contributed by atoms with van der Waals surface area (Å²) in [6, 6.07) is 9.39. The first-order chi connectivity index (χ1) is 7.70. The molecule has 1 nitrogen and oxygen atoms in total. The minimum absolute atomic E-state index is 0.657. The van der Waals surface area contributed by atoms with Crippen molar-refractivity contribution in [2.45, 2.75) is 46.1 Å². The maximum atomic E-state index is 3.71. The van der Waals surface area contributed by atoms with E-state index < -0.39 is 0 Å². The Morgan fingerprint density at radius 3 is 2.88 bits per heavy atom. The van der Waals surface area contributed by atoms with Gasteiger partial charge in [0.25, 0.3) is 0 Å². The van der Waals surface area contributed by atoms with E-state index in [0.29, 0.717) is 6.04 Å². The fourth-order valence-electron chi connectivity index (χ4n) is 2.56. The Bertz CT molecular complexity index is 345. The van der Waals surface area contributed by atoms with Gasteiger partial charge in [0, 0.05) is 11.7 Å². The van der Waals surface area contributed by atoms with Gasteiger partial charge in [0.1, 0.15) is 0 Å². The number of fused-ring (bicyclic) bond motifs is 1. The van der Waals surface area contributed by atoms with E-state index in [9.17, 15) is 0 Å². The Hall–Kier alpha value is -0.980. The van der Waals surface area contributed by atoms with Crippen LogP contribution in [0.5, 0.6) is 0 Å². The van der Waals surface area contributed by atoms with Gasteiger partial charge in [-0.25, -0.2) is 0 Å². The van der Waals surface area contributed by atoms with Crippen LogP contribution in [0.15, 0.2) is 24.3 Å². The zero-order valence-electron chi connectivity index (χ0n) is 10.7. The quantitative estimate of drug-likeness (QED) is 0.804. The summed E-state index contributed by atoms with van der Waals surface area (Å²) in [7, 11) is 0. The second kappa shape index (κ2) is 4.90. The number of nitrogens with one attached hydrogen (secondary N) is 1. The zero-order valence-corrected chi connectivity index (χ0v) is 10.7. The highest BCUT2D eigenvalue weighted by atomic mass is 14.9. The molecule has 0 bridgehead atoms. The van der Waals surface area contributed by atoms with Crippen molar-refractivity contribution >= 4 is 5.69 Å². The normalized spacial score (nSPS) is 25.7. The molecule has 0 fully saturated rings. The molecule has 0 saturated carbocycles. The minimum atomic E-state index is 0.657. The minimum Gasteiger partial charge on any atom is -0.382 e. The van der Waals surface area contributed by atoms with Crippen molar-refractivity contribution in [3.63, 3.8) is 0 Å². The number of para-hydroxylation sites is 1. The fraction of sp³-hybridized carbons (Fsp3) is 0.600. The average Bonchev–Trinajstić information content (AvgIpc) is 2.30. The summed E-state index contributed by atoms with van der Waals surface area (Å²) in [5.41, 5.74) is 2.84. The lowest BCUT2D eigenvalue weighted by Crippen LogP contribution is -2.34. The number of anilines is 1. The lowest BCUT2D eigenvalue weighted by Gasteiger charge is -2.34. The van der Waals surface area contributed by atoms with Gasteiger partial charge in [0.2, 0.25) is 0 Å². The molecule has 1 aliphatic rings. The van der Waals surface area contributed by atoms with Crippen LogP contribution in [-0.2, 0) is 6.42 Å². The molecule has 0 aromatic heterocycles. The average molecular weight is 217 g/mol. The van der Waals surface area contributed by atoms with Gasteiger partial charge in [0.05, 0.1) is 0 Å². The van der Waals surface area contributed by atoms with E-state index in [1.54, 1.807) is 0 Å². The van der Waals surface area contributed by atoms with E-state index in [1.165, 1.54) is 30.5 Å². The van der Waals surface area contributed by atoms with Crippen LogP contribution >= 0.6 is 0 Å². The molecule has 0 aliphatic carbocycles. The summed E-state index contributed by atoms with van der Waals surface area (Å²) in [6.45, 7) is 7.01. The Morgan fingerprint density at radius 1 is 1.38 bits per heavy atom. The smallest absolute Gasteiger partial charge is 0.0375 e. The maximum Gasteiger partial charge on any atom is 0.0375 e. The monoisotopic (exact) mass is 217 g/mol. The predicted octanol–water partition coefficient (Wildman–Crippen LogP) is 4.10. The molecule has 1 aromatic rings. The summed E-state index contributed by atoms with van der Waals surface area (Å²) >= 11 is 0. The van der Waals surface area contributed by atoms with Crippen LogP contribution in [0.1, 0.15) is 39.2 Å². The first kappa shape index (κ1) is 11.5. The summed E-state index contributed by atoms with van der Waals surface area (Å²) in [6.07, 6.45) is 3.81. The topological polar surface area (TPSA) is 12.0 Å². The predicted molar refractivity (Wildman–Crippen MR) is 70.8 cm³/mol. The molecule has 3 atom stereocenters. The molecule has 16 heavy (non-hydrogen) atoms. The second-order valence-electron chi connectivity index (χ2n) is 5.34. The Labute approximate surface area is 99.3 Å². The lowest BCUT2D eigenvalue weighted by molar-refractivity contribution is 0.375. The summed E-state index contributed by atoms with van der Waals surface area (Å²) in [5, 5.41) is 3.71. The lowest BCUT2D eigenvalue weighted by atomic mass is 9.84. The Morgan fingerprint density at radius 2 is 2.12 bits per heavy atom. The molecule has 0 amide bonds. The largest absolute Gasteiger partial charge is 0.382 e. The number of rotatable bonds is 3. The third-order valence-electron chi connectivity index (χ3n) is 3.94. The molecule has 0 spiro atoms. The molecule has 1 aromatic carbocycles. The highest BCUT2D eigenvalue weighted by Gasteiger charge is 2.25. The van der Waals surface area contributed by atoms with E-state index >= 15 is 0 Å². The number of hydrogen-bond donors (Lipinski definition) is 1. The Kier molecular flexibility index (Phi) is 3.52. The zero-order chi connectivity index (χ0) is 11.5. The highest BCUT2D eigenvalue weighted by Crippen LogP contribution is 2.31. The third-order valence-corrected chi connectivity index (χ3v) is 3.94. The molecular formula is C15H23N. The highest BCUT2D eigenvalue weighted by molar-refractivity contribution is 5.54. The fourth-order valence-corrected chi connectivity index (χ4v) is 2.56. The van der Waals surface area contributed by atoms with E-state index in [2.05, 4.69) is 50.4 Å². The van der Waals surface area contributed by atoms with Crippen molar-refractivity contribution in [1.82, 2.24) is 0 Å². The van der Waals surface area contributed by atoms with Gasteiger partial charge in [-0.2, -0.15) is 0 Å². The summed E-state index contributed by atoms with van der Waals surface area (Å²) in [5.74, 6) is 1.58. The van der Waals surface area contributed by atoms with E-state index in [-0.39, 0.29) is 0 Å². The molecule has 3 unspecified atom stereocenters. The van der Waals surface area contributed by atoms with Crippen LogP contribution in [0.4, 0.5) is 5.69 Å². The second-order valence-corrected chi connectivity index (χ2v) is 5.34. The van der Waals surface area contributed by atoms with Gasteiger partial charge in [-0.3, -0.25) is 0 Å². The van der Waals surface area contributed by atoms with Crippen LogP contribution in [0.25, 0.3) is 0 Å². The van der Waals surface area contributed by atoms with E-state index in [0.717, 1.165) is 11.8 Å². The molecule has 88 valence electrons. The van der Waals surface area contributed by atoms with Gasteiger partial charge >= 0.3 is 0 Å².